The van der Waals surface area contributed by atoms with Crippen LogP contribution in [0.25, 0.3) is 0 Å². The highest BCUT2D eigenvalue weighted by molar-refractivity contribution is 7.12. The van der Waals surface area contributed by atoms with Crippen molar-refractivity contribution in [2.24, 2.45) is 11.8 Å². The van der Waals surface area contributed by atoms with Crippen LogP contribution >= 0.6 is 11.3 Å². The van der Waals surface area contributed by atoms with Gasteiger partial charge in [-0.25, -0.2) is 0 Å². The van der Waals surface area contributed by atoms with Crippen molar-refractivity contribution in [1.82, 2.24) is 5.32 Å². The van der Waals surface area contributed by atoms with Gasteiger partial charge in [0.1, 0.15) is 0 Å². The van der Waals surface area contributed by atoms with Crippen LogP contribution in [0, 0.1) is 18.8 Å². The Hall–Kier alpha value is -0.670. The van der Waals surface area contributed by atoms with Gasteiger partial charge in [-0.3, -0.25) is 4.79 Å². The maximum Gasteiger partial charge on any atom is 0.177 e. The van der Waals surface area contributed by atoms with Gasteiger partial charge in [-0.1, -0.05) is 13.8 Å². The van der Waals surface area contributed by atoms with Gasteiger partial charge in [-0.2, -0.15) is 0 Å². The smallest absolute Gasteiger partial charge is 0.177 e. The second-order valence-electron chi connectivity index (χ2n) is 4.21. The Bertz CT molecular complexity index is 330. The second-order valence-corrected chi connectivity index (χ2v) is 5.12. The van der Waals surface area contributed by atoms with Crippen molar-refractivity contribution in [3.63, 3.8) is 0 Å². The lowest BCUT2D eigenvalue weighted by Crippen LogP contribution is -2.30. The molecule has 84 valence electrons. The standard InChI is InChI=1S/C12H19NOS/c1-8(2)10(7-13-4)11(14)12-9(3)5-6-15-12/h5-6,8,10,13H,7H2,1-4H3. The number of carbonyl (C=O) groups is 1. The first-order chi connectivity index (χ1) is 7.07. The molecule has 1 unspecified atom stereocenters. The fourth-order valence-electron chi connectivity index (χ4n) is 1.64. The SMILES string of the molecule is CNCC(C(=O)c1sccc1C)C(C)C. The van der Waals surface area contributed by atoms with Crippen LogP contribution in [0.5, 0.6) is 0 Å². The van der Waals surface area contributed by atoms with Crippen LogP contribution in [0.1, 0.15) is 29.1 Å². The Labute approximate surface area is 95.7 Å². The lowest BCUT2D eigenvalue weighted by molar-refractivity contribution is 0.0890. The maximum absolute atomic E-state index is 12.2. The molecule has 3 heteroatoms. The highest BCUT2D eigenvalue weighted by atomic mass is 32.1. The molecule has 0 aliphatic carbocycles. The summed E-state index contributed by atoms with van der Waals surface area (Å²) in [7, 11) is 1.89. The molecule has 0 aliphatic rings. The molecule has 2 nitrogen and oxygen atoms in total. The summed E-state index contributed by atoms with van der Waals surface area (Å²) in [5.41, 5.74) is 1.10. The van der Waals surface area contributed by atoms with E-state index in [-0.39, 0.29) is 11.7 Å². The molecule has 0 amide bonds. The third kappa shape index (κ3) is 2.89. The van der Waals surface area contributed by atoms with Crippen LogP contribution in [0.15, 0.2) is 11.4 Å². The summed E-state index contributed by atoms with van der Waals surface area (Å²) >= 11 is 1.55. The van der Waals surface area contributed by atoms with E-state index in [4.69, 9.17) is 0 Å². The van der Waals surface area contributed by atoms with Gasteiger partial charge in [0, 0.05) is 12.5 Å². The molecule has 1 aromatic heterocycles. The molecule has 15 heavy (non-hydrogen) atoms. The quantitative estimate of drug-likeness (QED) is 0.781. The molecule has 0 spiro atoms. The molecule has 0 bridgehead atoms. The fourth-order valence-corrected chi connectivity index (χ4v) is 2.57. The van der Waals surface area contributed by atoms with E-state index in [0.717, 1.165) is 17.0 Å². The zero-order valence-electron chi connectivity index (χ0n) is 9.83. The third-order valence-electron chi connectivity index (χ3n) is 2.65. The molecule has 0 fully saturated rings. The Morgan fingerprint density at radius 2 is 2.20 bits per heavy atom. The van der Waals surface area contributed by atoms with Crippen molar-refractivity contribution in [2.75, 3.05) is 13.6 Å². The van der Waals surface area contributed by atoms with Crippen molar-refractivity contribution in [3.8, 4) is 0 Å². The van der Waals surface area contributed by atoms with Crippen molar-refractivity contribution in [3.05, 3.63) is 21.9 Å². The lowest BCUT2D eigenvalue weighted by atomic mass is 9.90. The first-order valence-electron chi connectivity index (χ1n) is 5.30. The van der Waals surface area contributed by atoms with E-state index in [1.807, 2.05) is 25.4 Å². The average molecular weight is 225 g/mol. The molecule has 1 atom stereocenters. The van der Waals surface area contributed by atoms with E-state index in [1.54, 1.807) is 11.3 Å². The van der Waals surface area contributed by atoms with Crippen molar-refractivity contribution in [2.45, 2.75) is 20.8 Å². The summed E-state index contributed by atoms with van der Waals surface area (Å²) in [4.78, 5) is 13.1. The van der Waals surface area contributed by atoms with Gasteiger partial charge in [0.25, 0.3) is 0 Å². The number of rotatable bonds is 5. The largest absolute Gasteiger partial charge is 0.319 e. The molecule has 0 aliphatic heterocycles. The first kappa shape index (κ1) is 12.4. The van der Waals surface area contributed by atoms with E-state index in [9.17, 15) is 4.79 Å². The van der Waals surface area contributed by atoms with E-state index < -0.39 is 0 Å². The Kier molecular flexibility index (Phi) is 4.48. The second kappa shape index (κ2) is 5.42. The lowest BCUT2D eigenvalue weighted by Gasteiger charge is -2.18. The molecule has 0 aromatic carbocycles. The van der Waals surface area contributed by atoms with Gasteiger partial charge in [-0.15, -0.1) is 11.3 Å². The number of nitrogens with one attached hydrogen (secondary N) is 1. The molecule has 1 rings (SSSR count). The molecule has 0 radical (unpaired) electrons. The first-order valence-corrected chi connectivity index (χ1v) is 6.18. The molecular formula is C12H19NOS. The monoisotopic (exact) mass is 225 g/mol. The van der Waals surface area contributed by atoms with Crippen LogP contribution in [0.3, 0.4) is 0 Å². The minimum absolute atomic E-state index is 0.0901. The Morgan fingerprint density at radius 3 is 2.60 bits per heavy atom. The van der Waals surface area contributed by atoms with Gasteiger partial charge in [0.05, 0.1) is 4.88 Å². The zero-order valence-corrected chi connectivity index (χ0v) is 10.6. The molecule has 0 saturated carbocycles. The van der Waals surface area contributed by atoms with E-state index in [2.05, 4.69) is 19.2 Å². The normalized spacial score (nSPS) is 13.1. The van der Waals surface area contributed by atoms with Gasteiger partial charge >= 0.3 is 0 Å². The van der Waals surface area contributed by atoms with E-state index in [1.165, 1.54) is 0 Å². The molecule has 1 aromatic rings. The van der Waals surface area contributed by atoms with Crippen LogP contribution < -0.4 is 5.32 Å². The minimum atomic E-state index is 0.0901. The predicted molar refractivity (Wildman–Crippen MR) is 65.6 cm³/mol. The number of hydrogen-bond donors (Lipinski definition) is 1. The minimum Gasteiger partial charge on any atom is -0.319 e. The fraction of sp³-hybridized carbons (Fsp3) is 0.583. The summed E-state index contributed by atoms with van der Waals surface area (Å²) in [6, 6.07) is 2.01. The van der Waals surface area contributed by atoms with Crippen LogP contribution in [0.4, 0.5) is 0 Å². The van der Waals surface area contributed by atoms with Crippen molar-refractivity contribution >= 4 is 17.1 Å². The summed E-state index contributed by atoms with van der Waals surface area (Å²) in [5.74, 6) is 0.755. The van der Waals surface area contributed by atoms with Gasteiger partial charge in [-0.05, 0) is 36.9 Å². The summed E-state index contributed by atoms with van der Waals surface area (Å²) in [6.07, 6.45) is 0. The van der Waals surface area contributed by atoms with Crippen molar-refractivity contribution < 1.29 is 4.79 Å². The van der Waals surface area contributed by atoms with Crippen molar-refractivity contribution in [1.29, 1.82) is 0 Å². The van der Waals surface area contributed by atoms with Gasteiger partial charge in [0.15, 0.2) is 5.78 Å². The van der Waals surface area contributed by atoms with Gasteiger partial charge < -0.3 is 5.32 Å². The average Bonchev–Trinajstić information content (AvgIpc) is 2.59. The van der Waals surface area contributed by atoms with Crippen LogP contribution in [-0.4, -0.2) is 19.4 Å². The summed E-state index contributed by atoms with van der Waals surface area (Å²) in [6.45, 7) is 6.96. The van der Waals surface area contributed by atoms with Gasteiger partial charge in [0.2, 0.25) is 0 Å². The van der Waals surface area contributed by atoms with Crippen LogP contribution in [0.2, 0.25) is 0 Å². The molecular weight excluding hydrogens is 206 g/mol. The highest BCUT2D eigenvalue weighted by Crippen LogP contribution is 2.23. The number of Topliss-reactive ketones (excluding diaryl/α,β-unsaturated/α-hetero) is 1. The summed E-state index contributed by atoms with van der Waals surface area (Å²) in [5, 5.41) is 5.08. The number of hydrogen-bond acceptors (Lipinski definition) is 3. The molecule has 1 N–H and O–H groups in total. The third-order valence-corrected chi connectivity index (χ3v) is 3.68. The Morgan fingerprint density at radius 1 is 1.53 bits per heavy atom. The maximum atomic E-state index is 12.2. The number of ketones is 1. The van der Waals surface area contributed by atoms with E-state index in [0.29, 0.717) is 5.92 Å². The predicted octanol–water partition coefficient (Wildman–Crippen LogP) is 2.73. The summed E-state index contributed by atoms with van der Waals surface area (Å²) < 4.78 is 0. The van der Waals surface area contributed by atoms with E-state index >= 15 is 0 Å². The molecule has 0 saturated heterocycles. The topological polar surface area (TPSA) is 29.1 Å². The number of carbonyl (C=O) groups excluding carboxylic acids is 1. The van der Waals surface area contributed by atoms with Crippen LogP contribution in [-0.2, 0) is 0 Å². The molecule has 1 heterocycles. The Balaban J connectivity index is 2.86. The number of aryl methyl sites for hydroxylation is 1. The highest BCUT2D eigenvalue weighted by Gasteiger charge is 2.24. The zero-order chi connectivity index (χ0) is 11.4. The number of thiophene rings is 1.